The molecule has 0 bridgehead atoms. The zero-order chi connectivity index (χ0) is 27.6. The number of nitrogens with one attached hydrogen (secondary N) is 2. The van der Waals surface area contributed by atoms with Crippen LogP contribution in [0.2, 0.25) is 0 Å². The van der Waals surface area contributed by atoms with Crippen molar-refractivity contribution in [2.45, 2.75) is 0 Å². The average Bonchev–Trinajstić information content (AvgIpc) is 2.97. The predicted octanol–water partition coefficient (Wildman–Crippen LogP) is 5.30. The first kappa shape index (κ1) is 26.4. The maximum Gasteiger partial charge on any atom is 0.272 e. The number of carbonyl (C=O) groups is 3. The minimum Gasteiger partial charge on any atom is -0.321 e. The fourth-order valence-electron chi connectivity index (χ4n) is 3.46. The van der Waals surface area contributed by atoms with Gasteiger partial charge in [0.15, 0.2) is 5.78 Å². The lowest BCUT2D eigenvalue weighted by Crippen LogP contribution is -2.30. The topological polar surface area (TPSA) is 131 Å². The Morgan fingerprint density at radius 3 is 2.15 bits per heavy atom. The number of anilines is 1. The number of ketones is 1. The number of rotatable bonds is 9. The maximum atomic E-state index is 13.2. The summed E-state index contributed by atoms with van der Waals surface area (Å²) in [6.07, 6.45) is 7.80. The first-order valence-corrected chi connectivity index (χ1v) is 11.8. The Morgan fingerprint density at radius 1 is 0.795 bits per heavy atom. The van der Waals surface area contributed by atoms with Crippen molar-refractivity contribution in [3.05, 3.63) is 148 Å². The van der Waals surface area contributed by atoms with Crippen molar-refractivity contribution >= 4 is 41.1 Å². The fraction of sp³-hybridized carbons (Fsp3) is 0. The normalized spacial score (nSPS) is 11.1. The number of aromatic nitrogens is 1. The highest BCUT2D eigenvalue weighted by Gasteiger charge is 2.16. The molecule has 2 N–H and O–H groups in total. The van der Waals surface area contributed by atoms with Crippen LogP contribution < -0.4 is 10.6 Å². The van der Waals surface area contributed by atoms with Crippen LogP contribution in [-0.2, 0) is 4.79 Å². The number of carbonyl (C=O) groups excluding carboxylic acids is 3. The summed E-state index contributed by atoms with van der Waals surface area (Å²) in [4.78, 5) is 52.8. The van der Waals surface area contributed by atoms with E-state index >= 15 is 0 Å². The molecular weight excluding hydrogens is 496 g/mol. The number of nitro benzene ring substituents is 1. The minimum absolute atomic E-state index is 0.0720. The van der Waals surface area contributed by atoms with Crippen LogP contribution in [0.1, 0.15) is 31.8 Å². The van der Waals surface area contributed by atoms with Gasteiger partial charge in [0, 0.05) is 41.3 Å². The molecule has 0 aliphatic carbocycles. The van der Waals surface area contributed by atoms with Gasteiger partial charge in [-0.15, -0.1) is 0 Å². The molecule has 0 saturated carbocycles. The van der Waals surface area contributed by atoms with E-state index in [-0.39, 0.29) is 17.2 Å². The highest BCUT2D eigenvalue weighted by atomic mass is 16.6. The van der Waals surface area contributed by atoms with Gasteiger partial charge in [-0.25, -0.2) is 0 Å². The molecule has 2 amide bonds. The third-order valence-corrected chi connectivity index (χ3v) is 5.48. The molecule has 0 saturated heterocycles. The van der Waals surface area contributed by atoms with Gasteiger partial charge in [0.2, 0.25) is 0 Å². The Balaban J connectivity index is 1.51. The number of pyridine rings is 1. The first-order valence-electron chi connectivity index (χ1n) is 11.8. The van der Waals surface area contributed by atoms with Crippen molar-refractivity contribution < 1.29 is 19.3 Å². The molecule has 9 nitrogen and oxygen atoms in total. The highest BCUT2D eigenvalue weighted by Crippen LogP contribution is 2.16. The molecule has 0 aliphatic heterocycles. The second-order valence-electron chi connectivity index (χ2n) is 8.24. The van der Waals surface area contributed by atoms with Crippen molar-refractivity contribution in [1.82, 2.24) is 10.3 Å². The summed E-state index contributed by atoms with van der Waals surface area (Å²) in [7, 11) is 0. The number of nitrogens with zero attached hydrogens (tertiary/aromatic N) is 2. The van der Waals surface area contributed by atoms with E-state index in [0.29, 0.717) is 22.4 Å². The standard InChI is InChI=1S/C30H22N4O5/c35-28(17-10-22-5-4-18-31-20-22)23-11-13-25(14-12-23)32-30(37)27(33-29(36)24-6-2-1-3-7-24)19-21-8-15-26(16-9-21)34(38)39/h1-20H,(H,32,37)(H,33,36)/b17-10+,27-19-. The van der Waals surface area contributed by atoms with E-state index in [1.165, 1.54) is 36.4 Å². The van der Waals surface area contributed by atoms with E-state index in [1.54, 1.807) is 79.1 Å². The second kappa shape index (κ2) is 12.5. The van der Waals surface area contributed by atoms with Crippen LogP contribution in [0, 0.1) is 10.1 Å². The van der Waals surface area contributed by atoms with E-state index in [1.807, 2.05) is 6.07 Å². The zero-order valence-corrected chi connectivity index (χ0v) is 20.5. The summed E-state index contributed by atoms with van der Waals surface area (Å²) in [6.45, 7) is 0. The molecule has 0 atom stereocenters. The SMILES string of the molecule is O=C(Nc1ccc(C(=O)/C=C/c2cccnc2)cc1)/C(=C/c1ccc([N+](=O)[O-])cc1)NC(=O)c1ccccc1. The number of allylic oxidation sites excluding steroid dienone is 1. The molecule has 1 heterocycles. The summed E-state index contributed by atoms with van der Waals surface area (Å²) in [5, 5.41) is 16.3. The molecule has 9 heteroatoms. The second-order valence-corrected chi connectivity index (χ2v) is 8.24. The van der Waals surface area contributed by atoms with Crippen LogP contribution in [-0.4, -0.2) is 27.5 Å². The van der Waals surface area contributed by atoms with Crippen LogP contribution >= 0.6 is 0 Å². The molecule has 0 fully saturated rings. The van der Waals surface area contributed by atoms with E-state index < -0.39 is 16.7 Å². The Hall–Kier alpha value is -5.70. The molecule has 0 aliphatic rings. The van der Waals surface area contributed by atoms with Gasteiger partial charge in [-0.3, -0.25) is 29.5 Å². The Morgan fingerprint density at radius 2 is 1.51 bits per heavy atom. The monoisotopic (exact) mass is 518 g/mol. The fourth-order valence-corrected chi connectivity index (χ4v) is 3.46. The lowest BCUT2D eigenvalue weighted by Gasteiger charge is -2.12. The van der Waals surface area contributed by atoms with Gasteiger partial charge in [0.25, 0.3) is 17.5 Å². The molecule has 3 aromatic carbocycles. The minimum atomic E-state index is -0.617. The Labute approximate surface area is 223 Å². The van der Waals surface area contributed by atoms with Crippen molar-refractivity contribution in [2.75, 3.05) is 5.32 Å². The van der Waals surface area contributed by atoms with E-state index in [4.69, 9.17) is 0 Å². The number of benzene rings is 3. The Bertz CT molecular complexity index is 1550. The Kier molecular flexibility index (Phi) is 8.46. The molecule has 192 valence electrons. The number of hydrogen-bond acceptors (Lipinski definition) is 6. The first-order chi connectivity index (χ1) is 18.9. The summed E-state index contributed by atoms with van der Waals surface area (Å²) >= 11 is 0. The largest absolute Gasteiger partial charge is 0.321 e. The van der Waals surface area contributed by atoms with Crippen molar-refractivity contribution in [3.8, 4) is 0 Å². The van der Waals surface area contributed by atoms with Crippen LogP contribution in [0.25, 0.3) is 12.2 Å². The molecule has 39 heavy (non-hydrogen) atoms. The summed E-state index contributed by atoms with van der Waals surface area (Å²) in [6, 6.07) is 23.8. The lowest BCUT2D eigenvalue weighted by molar-refractivity contribution is -0.384. The zero-order valence-electron chi connectivity index (χ0n) is 20.5. The van der Waals surface area contributed by atoms with Crippen LogP contribution in [0.15, 0.2) is 115 Å². The number of non-ortho nitro benzene ring substituents is 1. The van der Waals surface area contributed by atoms with Crippen molar-refractivity contribution in [3.63, 3.8) is 0 Å². The lowest BCUT2D eigenvalue weighted by atomic mass is 10.1. The number of hydrogen-bond donors (Lipinski definition) is 2. The summed E-state index contributed by atoms with van der Waals surface area (Å²) in [5.41, 5.74) is 2.26. The van der Waals surface area contributed by atoms with Crippen LogP contribution in [0.4, 0.5) is 11.4 Å². The predicted molar refractivity (Wildman–Crippen MR) is 148 cm³/mol. The van der Waals surface area contributed by atoms with Crippen molar-refractivity contribution in [1.29, 1.82) is 0 Å². The van der Waals surface area contributed by atoms with E-state index in [0.717, 1.165) is 5.56 Å². The average molecular weight is 519 g/mol. The molecular formula is C30H22N4O5. The third kappa shape index (κ3) is 7.40. The summed E-state index contributed by atoms with van der Waals surface area (Å²) < 4.78 is 0. The van der Waals surface area contributed by atoms with Gasteiger partial charge < -0.3 is 10.6 Å². The smallest absolute Gasteiger partial charge is 0.272 e. The molecule has 1 aromatic heterocycles. The quantitative estimate of drug-likeness (QED) is 0.134. The van der Waals surface area contributed by atoms with Crippen LogP contribution in [0.5, 0.6) is 0 Å². The van der Waals surface area contributed by atoms with Gasteiger partial charge in [-0.2, -0.15) is 0 Å². The van der Waals surface area contributed by atoms with Gasteiger partial charge in [0.1, 0.15) is 5.70 Å². The molecule has 0 unspecified atom stereocenters. The summed E-state index contributed by atoms with van der Waals surface area (Å²) in [5.74, 6) is -1.33. The number of amides is 2. The van der Waals surface area contributed by atoms with Crippen molar-refractivity contribution in [2.24, 2.45) is 0 Å². The van der Waals surface area contributed by atoms with Gasteiger partial charge in [-0.1, -0.05) is 24.3 Å². The van der Waals surface area contributed by atoms with Gasteiger partial charge >= 0.3 is 0 Å². The maximum absolute atomic E-state index is 13.2. The van der Waals surface area contributed by atoms with Crippen LogP contribution in [0.3, 0.4) is 0 Å². The highest BCUT2D eigenvalue weighted by molar-refractivity contribution is 6.11. The third-order valence-electron chi connectivity index (χ3n) is 5.48. The number of nitro groups is 1. The molecule has 4 rings (SSSR count). The van der Waals surface area contributed by atoms with Gasteiger partial charge in [0.05, 0.1) is 4.92 Å². The molecule has 4 aromatic rings. The molecule has 0 radical (unpaired) electrons. The van der Waals surface area contributed by atoms with Gasteiger partial charge in [-0.05, 0) is 84.0 Å². The van der Waals surface area contributed by atoms with E-state index in [2.05, 4.69) is 15.6 Å². The van der Waals surface area contributed by atoms with E-state index in [9.17, 15) is 24.5 Å². The molecule has 0 spiro atoms.